The number of hydrogen-bond acceptors (Lipinski definition) is 3. The second-order valence-corrected chi connectivity index (χ2v) is 3.74. The average molecular weight is 301 g/mol. The van der Waals surface area contributed by atoms with Crippen molar-refractivity contribution in [1.82, 2.24) is 5.32 Å². The van der Waals surface area contributed by atoms with Gasteiger partial charge in [0.2, 0.25) is 5.91 Å². The Morgan fingerprint density at radius 3 is 2.40 bits per heavy atom. The van der Waals surface area contributed by atoms with E-state index in [-0.39, 0.29) is 17.8 Å². The van der Waals surface area contributed by atoms with Crippen molar-refractivity contribution >= 4 is 39.4 Å². The van der Waals surface area contributed by atoms with Crippen LogP contribution in [0.4, 0.5) is 0 Å². The molecular weight excluding hydrogens is 285 g/mol. The maximum Gasteiger partial charge on any atom is 0.316 e. The molecule has 0 radical (unpaired) electrons. The molecule has 6 heteroatoms. The number of hydrogen-bond donors (Lipinski definition) is 1. The van der Waals surface area contributed by atoms with Gasteiger partial charge >= 0.3 is 5.97 Å². The predicted octanol–water partition coefficient (Wildman–Crippen LogP) is 1.45. The van der Waals surface area contributed by atoms with Gasteiger partial charge in [-0.25, -0.2) is 0 Å². The third-order valence-electron chi connectivity index (χ3n) is 1.48. The van der Waals surface area contributed by atoms with Crippen LogP contribution in [0.25, 0.3) is 0 Å². The van der Waals surface area contributed by atoms with Crippen LogP contribution in [0.2, 0.25) is 0 Å². The van der Waals surface area contributed by atoms with E-state index in [9.17, 15) is 9.59 Å². The fourth-order valence-electron chi connectivity index (χ4n) is 0.693. The lowest BCUT2D eigenvalue weighted by molar-refractivity contribution is -0.139. The first-order chi connectivity index (χ1) is 7.13. The quantitative estimate of drug-likeness (QED) is 0.631. The number of carbonyl (C=O) groups excluding carboxylic acids is 2. The highest BCUT2D eigenvalue weighted by molar-refractivity contribution is 9.09. The number of esters is 1. The lowest BCUT2D eigenvalue weighted by Gasteiger charge is -1.95. The first-order valence-corrected chi connectivity index (χ1v) is 6.36. The first-order valence-electron chi connectivity index (χ1n) is 4.70. The Kier molecular flexibility index (Phi) is 8.80. The molecule has 1 saturated carbocycles. The van der Waals surface area contributed by atoms with Crippen LogP contribution in [-0.4, -0.2) is 35.7 Å². The fourth-order valence-corrected chi connectivity index (χ4v) is 0.933. The number of halogens is 2. The highest BCUT2D eigenvalue weighted by Crippen LogP contribution is 2.18. The Morgan fingerprint density at radius 2 is 2.13 bits per heavy atom. The maximum atomic E-state index is 10.4. The van der Waals surface area contributed by atoms with Crippen molar-refractivity contribution in [1.29, 1.82) is 0 Å². The maximum absolute atomic E-state index is 10.4. The van der Waals surface area contributed by atoms with Gasteiger partial charge in [0.25, 0.3) is 0 Å². The van der Waals surface area contributed by atoms with Crippen LogP contribution < -0.4 is 5.32 Å². The van der Waals surface area contributed by atoms with Gasteiger partial charge in [0.15, 0.2) is 0 Å². The molecule has 0 heterocycles. The van der Waals surface area contributed by atoms with Crippen molar-refractivity contribution in [3.63, 3.8) is 0 Å². The van der Waals surface area contributed by atoms with Gasteiger partial charge in [-0.1, -0.05) is 15.9 Å². The molecule has 0 bridgehead atoms. The zero-order valence-corrected chi connectivity index (χ0v) is 10.9. The molecule has 0 saturated heterocycles. The van der Waals surface area contributed by atoms with Crippen LogP contribution in [0.15, 0.2) is 0 Å². The Labute approximate surface area is 103 Å². The first kappa shape index (κ1) is 14.7. The summed E-state index contributed by atoms with van der Waals surface area (Å²) in [6.07, 6.45) is 2.26. The van der Waals surface area contributed by atoms with Crippen LogP contribution >= 0.6 is 27.5 Å². The van der Waals surface area contributed by atoms with E-state index in [1.807, 2.05) is 0 Å². The van der Waals surface area contributed by atoms with Crippen molar-refractivity contribution in [2.24, 2.45) is 0 Å². The Balaban J connectivity index is 0.000000265. The fraction of sp³-hybridized carbons (Fsp3) is 0.778. The zero-order valence-electron chi connectivity index (χ0n) is 8.59. The van der Waals surface area contributed by atoms with E-state index in [2.05, 4.69) is 26.0 Å². The van der Waals surface area contributed by atoms with E-state index < -0.39 is 0 Å². The molecule has 0 aromatic rings. The minimum absolute atomic E-state index is 0.0471. The summed E-state index contributed by atoms with van der Waals surface area (Å²) in [5, 5.41) is 3.03. The minimum Gasteiger partial charge on any atom is -0.465 e. The van der Waals surface area contributed by atoms with Gasteiger partial charge in [0.1, 0.15) is 11.2 Å². The highest BCUT2D eigenvalue weighted by atomic mass is 79.9. The van der Waals surface area contributed by atoms with Crippen molar-refractivity contribution in [3.05, 3.63) is 0 Å². The summed E-state index contributed by atoms with van der Waals surface area (Å²) in [5.74, 6) is -0.159. The summed E-state index contributed by atoms with van der Waals surface area (Å²) in [5.41, 5.74) is 0. The van der Waals surface area contributed by atoms with Gasteiger partial charge in [-0.15, -0.1) is 11.6 Å². The largest absolute Gasteiger partial charge is 0.465 e. The molecule has 4 nitrogen and oxygen atoms in total. The molecule has 0 aliphatic heterocycles. The van der Waals surface area contributed by atoms with Gasteiger partial charge in [0, 0.05) is 6.04 Å². The topological polar surface area (TPSA) is 55.4 Å². The van der Waals surface area contributed by atoms with Gasteiger partial charge in [0.05, 0.1) is 6.61 Å². The van der Waals surface area contributed by atoms with Gasteiger partial charge in [-0.2, -0.15) is 0 Å². The smallest absolute Gasteiger partial charge is 0.316 e. The molecule has 1 aliphatic rings. The third kappa shape index (κ3) is 10.0. The van der Waals surface area contributed by atoms with E-state index in [1.54, 1.807) is 6.92 Å². The number of amides is 1. The highest BCUT2D eigenvalue weighted by Gasteiger charge is 2.22. The molecule has 1 N–H and O–H groups in total. The van der Waals surface area contributed by atoms with Crippen molar-refractivity contribution < 1.29 is 14.3 Å². The molecule has 88 valence electrons. The molecule has 0 aromatic carbocycles. The standard InChI is InChI=1S/C5H8ClNO.C4H7BrO2/c6-3-5(8)7-4-1-2-4;1-2-7-4(6)3-5/h4H,1-3H2,(H,7,8);2-3H2,1H3. The van der Waals surface area contributed by atoms with Gasteiger partial charge in [-0.3, -0.25) is 9.59 Å². The second kappa shape index (κ2) is 8.97. The summed E-state index contributed by atoms with van der Waals surface area (Å²) in [4.78, 5) is 20.6. The summed E-state index contributed by atoms with van der Waals surface area (Å²) in [6, 6.07) is 0.446. The number of nitrogens with one attached hydrogen (secondary N) is 1. The summed E-state index contributed by atoms with van der Waals surface area (Å²) >= 11 is 8.15. The van der Waals surface area contributed by atoms with E-state index in [4.69, 9.17) is 11.6 Å². The van der Waals surface area contributed by atoms with E-state index in [0.717, 1.165) is 12.8 Å². The minimum atomic E-state index is -0.206. The van der Waals surface area contributed by atoms with Crippen LogP contribution in [-0.2, 0) is 14.3 Å². The number of carbonyl (C=O) groups is 2. The monoisotopic (exact) mass is 299 g/mol. The second-order valence-electron chi connectivity index (χ2n) is 2.91. The third-order valence-corrected chi connectivity index (χ3v) is 2.18. The average Bonchev–Trinajstić information content (AvgIpc) is 3.03. The molecular formula is C9H15BrClNO3. The van der Waals surface area contributed by atoms with Crippen LogP contribution in [0.5, 0.6) is 0 Å². The zero-order chi connectivity index (χ0) is 11.7. The number of ether oxygens (including phenoxy) is 1. The summed E-state index contributed by atoms with van der Waals surface area (Å²) in [6.45, 7) is 2.24. The van der Waals surface area contributed by atoms with E-state index in [0.29, 0.717) is 18.0 Å². The lowest BCUT2D eigenvalue weighted by atomic mass is 10.6. The summed E-state index contributed by atoms with van der Waals surface area (Å²) in [7, 11) is 0. The Hall–Kier alpha value is -0.290. The molecule has 15 heavy (non-hydrogen) atoms. The molecule has 1 fully saturated rings. The van der Waals surface area contributed by atoms with Gasteiger partial charge in [-0.05, 0) is 19.8 Å². The number of alkyl halides is 2. The number of rotatable bonds is 4. The van der Waals surface area contributed by atoms with Crippen molar-refractivity contribution in [2.75, 3.05) is 17.8 Å². The van der Waals surface area contributed by atoms with E-state index in [1.165, 1.54) is 0 Å². The van der Waals surface area contributed by atoms with Crippen LogP contribution in [0.3, 0.4) is 0 Å². The summed E-state index contributed by atoms with van der Waals surface area (Å²) < 4.78 is 4.51. The van der Waals surface area contributed by atoms with Crippen LogP contribution in [0, 0.1) is 0 Å². The predicted molar refractivity (Wildman–Crippen MR) is 62.3 cm³/mol. The van der Waals surface area contributed by atoms with Crippen molar-refractivity contribution in [2.45, 2.75) is 25.8 Å². The molecule has 1 rings (SSSR count). The normalized spacial score (nSPS) is 13.5. The lowest BCUT2D eigenvalue weighted by Crippen LogP contribution is -2.26. The molecule has 0 aromatic heterocycles. The molecule has 0 atom stereocenters. The Morgan fingerprint density at radius 1 is 1.53 bits per heavy atom. The van der Waals surface area contributed by atoms with Crippen LogP contribution in [0.1, 0.15) is 19.8 Å². The molecule has 0 unspecified atom stereocenters. The SMILES string of the molecule is CCOC(=O)CBr.O=C(CCl)NC1CC1. The molecule has 0 spiro atoms. The molecule has 1 aliphatic carbocycles. The van der Waals surface area contributed by atoms with E-state index >= 15 is 0 Å². The Bertz CT molecular complexity index is 210. The molecule has 1 amide bonds. The van der Waals surface area contributed by atoms with Gasteiger partial charge < -0.3 is 10.1 Å². The van der Waals surface area contributed by atoms with Crippen molar-refractivity contribution in [3.8, 4) is 0 Å².